The van der Waals surface area contributed by atoms with Crippen LogP contribution in [0.1, 0.15) is 24.3 Å². The molecule has 0 radical (unpaired) electrons. The summed E-state index contributed by atoms with van der Waals surface area (Å²) in [6.07, 6.45) is 1.56. The van der Waals surface area contributed by atoms with Crippen molar-refractivity contribution in [2.75, 3.05) is 13.1 Å². The smallest absolute Gasteiger partial charge is 0.272 e. The third-order valence-electron chi connectivity index (χ3n) is 1.99. The number of amides is 1. The molecule has 0 saturated carbocycles. The number of hydrogen-bond acceptors (Lipinski definition) is 3. The van der Waals surface area contributed by atoms with Crippen LogP contribution in [0.5, 0.6) is 0 Å². The van der Waals surface area contributed by atoms with Gasteiger partial charge < -0.3 is 10.6 Å². The maximum Gasteiger partial charge on any atom is 0.272 e. The van der Waals surface area contributed by atoms with Gasteiger partial charge in [0.25, 0.3) is 5.91 Å². The fraction of sp³-hybridized carbons (Fsp3) is 0.556. The zero-order valence-corrected chi connectivity index (χ0v) is 8.53. The molecule has 0 aliphatic heterocycles. The summed E-state index contributed by atoms with van der Waals surface area (Å²) < 4.78 is 0. The Balaban J connectivity index is 2.74. The van der Waals surface area contributed by atoms with Gasteiger partial charge in [0.15, 0.2) is 0 Å². The van der Waals surface area contributed by atoms with Crippen LogP contribution in [0.2, 0.25) is 0 Å². The van der Waals surface area contributed by atoms with Gasteiger partial charge in [-0.2, -0.15) is 5.10 Å². The van der Waals surface area contributed by atoms with Crippen LogP contribution in [0.4, 0.5) is 0 Å². The van der Waals surface area contributed by atoms with E-state index in [9.17, 15) is 4.79 Å². The fourth-order valence-electron chi connectivity index (χ4n) is 1.26. The van der Waals surface area contributed by atoms with E-state index in [1.54, 1.807) is 17.2 Å². The molecule has 0 aromatic carbocycles. The molecule has 14 heavy (non-hydrogen) atoms. The number of nitrogens with one attached hydrogen (secondary N) is 1. The van der Waals surface area contributed by atoms with Gasteiger partial charge in [-0.05, 0) is 19.9 Å². The molecule has 0 atom stereocenters. The number of carbonyl (C=O) groups is 1. The molecule has 1 rings (SSSR count). The minimum atomic E-state index is -0.0528. The molecule has 78 valence electrons. The largest absolute Gasteiger partial charge is 0.334 e. The van der Waals surface area contributed by atoms with Gasteiger partial charge >= 0.3 is 0 Å². The van der Waals surface area contributed by atoms with E-state index in [0.717, 1.165) is 0 Å². The third-order valence-corrected chi connectivity index (χ3v) is 1.99. The average Bonchev–Trinajstić information content (AvgIpc) is 2.65. The fourth-order valence-corrected chi connectivity index (χ4v) is 1.26. The summed E-state index contributed by atoms with van der Waals surface area (Å²) in [5, 5.41) is 6.39. The molecular formula is C9H16N4O. The summed E-state index contributed by atoms with van der Waals surface area (Å²) in [7, 11) is 0. The molecule has 1 heterocycles. The lowest BCUT2D eigenvalue weighted by molar-refractivity contribution is 0.0706. The molecule has 1 aromatic rings. The Morgan fingerprint density at radius 3 is 2.86 bits per heavy atom. The van der Waals surface area contributed by atoms with Crippen LogP contribution in [0.3, 0.4) is 0 Å². The van der Waals surface area contributed by atoms with E-state index >= 15 is 0 Å². The minimum Gasteiger partial charge on any atom is -0.334 e. The highest BCUT2D eigenvalue weighted by molar-refractivity contribution is 5.92. The van der Waals surface area contributed by atoms with Gasteiger partial charge in [0.2, 0.25) is 0 Å². The number of aromatic nitrogens is 2. The summed E-state index contributed by atoms with van der Waals surface area (Å²) >= 11 is 0. The van der Waals surface area contributed by atoms with E-state index in [4.69, 9.17) is 5.73 Å². The van der Waals surface area contributed by atoms with E-state index in [1.807, 2.05) is 13.8 Å². The molecule has 3 N–H and O–H groups in total. The lowest BCUT2D eigenvalue weighted by Gasteiger charge is -2.25. The molecule has 0 spiro atoms. The number of hydrogen-bond donors (Lipinski definition) is 2. The van der Waals surface area contributed by atoms with E-state index in [0.29, 0.717) is 18.8 Å². The third kappa shape index (κ3) is 2.32. The van der Waals surface area contributed by atoms with Gasteiger partial charge in [-0.15, -0.1) is 0 Å². The monoisotopic (exact) mass is 196 g/mol. The van der Waals surface area contributed by atoms with Gasteiger partial charge in [-0.25, -0.2) is 0 Å². The second kappa shape index (κ2) is 4.76. The Kier molecular flexibility index (Phi) is 3.64. The second-order valence-corrected chi connectivity index (χ2v) is 3.35. The first kappa shape index (κ1) is 10.7. The van der Waals surface area contributed by atoms with Gasteiger partial charge in [0.05, 0.1) is 0 Å². The van der Waals surface area contributed by atoms with Gasteiger partial charge in [-0.3, -0.25) is 9.89 Å². The number of nitrogens with zero attached hydrogens (tertiary/aromatic N) is 2. The van der Waals surface area contributed by atoms with E-state index < -0.39 is 0 Å². The van der Waals surface area contributed by atoms with Crippen LogP contribution < -0.4 is 5.73 Å². The number of carbonyl (C=O) groups excluding carboxylic acids is 1. The predicted octanol–water partition coefficient (Wildman–Crippen LogP) is 0.219. The Morgan fingerprint density at radius 1 is 1.71 bits per heavy atom. The van der Waals surface area contributed by atoms with Crippen molar-refractivity contribution < 1.29 is 4.79 Å². The molecule has 5 heteroatoms. The van der Waals surface area contributed by atoms with Crippen LogP contribution in [-0.2, 0) is 0 Å². The van der Waals surface area contributed by atoms with Crippen molar-refractivity contribution in [1.29, 1.82) is 0 Å². The molecule has 0 aliphatic carbocycles. The Hall–Kier alpha value is -1.36. The van der Waals surface area contributed by atoms with E-state index in [-0.39, 0.29) is 11.9 Å². The van der Waals surface area contributed by atoms with Crippen molar-refractivity contribution in [2.45, 2.75) is 19.9 Å². The molecule has 0 saturated heterocycles. The summed E-state index contributed by atoms with van der Waals surface area (Å²) in [6, 6.07) is 1.81. The zero-order valence-electron chi connectivity index (χ0n) is 8.53. The van der Waals surface area contributed by atoms with Crippen molar-refractivity contribution in [2.24, 2.45) is 5.73 Å². The van der Waals surface area contributed by atoms with Crippen LogP contribution in [0.15, 0.2) is 12.3 Å². The molecule has 0 aliphatic rings. The number of rotatable bonds is 4. The highest BCUT2D eigenvalue weighted by Gasteiger charge is 2.18. The van der Waals surface area contributed by atoms with Gasteiger partial charge in [0.1, 0.15) is 5.69 Å². The van der Waals surface area contributed by atoms with Crippen LogP contribution >= 0.6 is 0 Å². The van der Waals surface area contributed by atoms with Crippen LogP contribution in [-0.4, -0.2) is 40.1 Å². The second-order valence-electron chi connectivity index (χ2n) is 3.35. The molecule has 0 fully saturated rings. The lowest BCUT2D eigenvalue weighted by atomic mass is 10.2. The maximum atomic E-state index is 11.8. The van der Waals surface area contributed by atoms with Crippen molar-refractivity contribution in [3.63, 3.8) is 0 Å². The van der Waals surface area contributed by atoms with Crippen LogP contribution in [0.25, 0.3) is 0 Å². The molecular weight excluding hydrogens is 180 g/mol. The highest BCUT2D eigenvalue weighted by Crippen LogP contribution is 2.04. The lowest BCUT2D eigenvalue weighted by Crippen LogP contribution is -2.40. The van der Waals surface area contributed by atoms with Crippen molar-refractivity contribution in [1.82, 2.24) is 15.1 Å². The highest BCUT2D eigenvalue weighted by atomic mass is 16.2. The normalized spacial score (nSPS) is 10.6. The quantitative estimate of drug-likeness (QED) is 0.723. The minimum absolute atomic E-state index is 0.0528. The summed E-state index contributed by atoms with van der Waals surface area (Å²) in [6.45, 7) is 4.96. The summed E-state index contributed by atoms with van der Waals surface area (Å²) in [5.74, 6) is -0.0528. The average molecular weight is 196 g/mol. The van der Waals surface area contributed by atoms with Crippen molar-refractivity contribution in [3.8, 4) is 0 Å². The number of nitrogens with two attached hydrogens (primary N) is 1. The molecule has 0 unspecified atom stereocenters. The first-order valence-corrected chi connectivity index (χ1v) is 4.67. The van der Waals surface area contributed by atoms with E-state index in [2.05, 4.69) is 10.2 Å². The van der Waals surface area contributed by atoms with Crippen LogP contribution in [0, 0.1) is 0 Å². The van der Waals surface area contributed by atoms with Crippen molar-refractivity contribution >= 4 is 5.91 Å². The standard InChI is InChI=1S/C9H16N4O/c1-7(2)13(6-4-10)9(14)8-3-5-11-12-8/h3,5,7H,4,6,10H2,1-2H3,(H,11,12). The van der Waals surface area contributed by atoms with Gasteiger partial charge in [-0.1, -0.05) is 0 Å². The number of H-pyrrole nitrogens is 1. The first-order chi connectivity index (χ1) is 6.66. The number of aromatic amines is 1. The molecule has 1 aromatic heterocycles. The first-order valence-electron chi connectivity index (χ1n) is 4.67. The Morgan fingerprint density at radius 2 is 2.43 bits per heavy atom. The Bertz CT molecular complexity index is 281. The molecule has 0 bridgehead atoms. The van der Waals surface area contributed by atoms with Crippen molar-refractivity contribution in [3.05, 3.63) is 18.0 Å². The molecule has 1 amide bonds. The SMILES string of the molecule is CC(C)N(CCN)C(=O)c1ccn[nH]1. The topological polar surface area (TPSA) is 75.0 Å². The predicted molar refractivity (Wildman–Crippen MR) is 53.8 cm³/mol. The maximum absolute atomic E-state index is 11.8. The Labute approximate surface area is 83.3 Å². The summed E-state index contributed by atoms with van der Waals surface area (Å²) in [4.78, 5) is 13.6. The van der Waals surface area contributed by atoms with Gasteiger partial charge in [0, 0.05) is 25.3 Å². The molecule has 5 nitrogen and oxygen atoms in total. The summed E-state index contributed by atoms with van der Waals surface area (Å²) in [5.41, 5.74) is 5.95. The zero-order chi connectivity index (χ0) is 10.6. The van der Waals surface area contributed by atoms with E-state index in [1.165, 1.54) is 0 Å².